The van der Waals surface area contributed by atoms with Gasteiger partial charge in [0.15, 0.2) is 0 Å². The van der Waals surface area contributed by atoms with Gasteiger partial charge in [-0.05, 0) is 47.6 Å². The monoisotopic (exact) mass is 290 g/mol. The molecular formula is C11H15IO. The Bertz CT molecular complexity index is 271. The summed E-state index contributed by atoms with van der Waals surface area (Å²) in [6.07, 6.45) is 0.274. The number of halogens is 1. The fourth-order valence-electron chi connectivity index (χ4n) is 0.877. The summed E-state index contributed by atoms with van der Waals surface area (Å²) in [7, 11) is 0. The van der Waals surface area contributed by atoms with Crippen LogP contribution in [0, 0.1) is 9.49 Å². The minimum atomic E-state index is 0.274. The van der Waals surface area contributed by atoms with E-state index in [-0.39, 0.29) is 6.10 Å². The zero-order chi connectivity index (χ0) is 9.84. The van der Waals surface area contributed by atoms with Crippen molar-refractivity contribution in [2.75, 3.05) is 0 Å². The molecule has 0 fully saturated rings. The minimum Gasteiger partial charge on any atom is -0.489 e. The lowest BCUT2D eigenvalue weighted by Crippen LogP contribution is -2.18. The van der Waals surface area contributed by atoms with Gasteiger partial charge in [0, 0.05) is 0 Å². The van der Waals surface area contributed by atoms with E-state index in [1.54, 1.807) is 0 Å². The van der Waals surface area contributed by atoms with Crippen molar-refractivity contribution in [2.24, 2.45) is 5.92 Å². The Labute approximate surface area is 93.6 Å². The molecule has 1 rings (SSSR count). The van der Waals surface area contributed by atoms with Gasteiger partial charge < -0.3 is 4.74 Å². The molecule has 0 saturated carbocycles. The molecule has 0 N–H and O–H groups in total. The summed E-state index contributed by atoms with van der Waals surface area (Å²) < 4.78 is 6.97. The van der Waals surface area contributed by atoms with Crippen LogP contribution >= 0.6 is 22.6 Å². The zero-order valence-electron chi connectivity index (χ0n) is 8.25. The summed E-state index contributed by atoms with van der Waals surface area (Å²) in [4.78, 5) is 0. The van der Waals surface area contributed by atoms with Crippen LogP contribution in [-0.2, 0) is 0 Å². The number of hydrogen-bond donors (Lipinski definition) is 0. The second-order valence-corrected chi connectivity index (χ2v) is 4.66. The van der Waals surface area contributed by atoms with Crippen molar-refractivity contribution in [3.05, 3.63) is 27.8 Å². The molecule has 0 aromatic heterocycles. The van der Waals surface area contributed by atoms with Gasteiger partial charge in [-0.1, -0.05) is 26.0 Å². The molecule has 0 heterocycles. The van der Waals surface area contributed by atoms with Crippen LogP contribution in [0.2, 0.25) is 0 Å². The van der Waals surface area contributed by atoms with E-state index in [0.717, 1.165) is 5.75 Å². The second kappa shape index (κ2) is 4.84. The van der Waals surface area contributed by atoms with Crippen molar-refractivity contribution >= 4 is 22.6 Å². The van der Waals surface area contributed by atoms with Gasteiger partial charge in [-0.15, -0.1) is 0 Å². The molecule has 0 amide bonds. The summed E-state index contributed by atoms with van der Waals surface area (Å²) in [6.45, 7) is 6.44. The number of benzene rings is 1. The van der Waals surface area contributed by atoms with Crippen LogP contribution in [0.15, 0.2) is 24.3 Å². The third kappa shape index (κ3) is 3.18. The highest BCUT2D eigenvalue weighted by Gasteiger charge is 2.09. The maximum absolute atomic E-state index is 5.80. The summed E-state index contributed by atoms with van der Waals surface area (Å²) >= 11 is 2.29. The maximum Gasteiger partial charge on any atom is 0.133 e. The molecule has 0 bridgehead atoms. The third-order valence-corrected chi connectivity index (χ3v) is 2.98. The number of hydrogen-bond acceptors (Lipinski definition) is 1. The number of para-hydroxylation sites is 1. The highest BCUT2D eigenvalue weighted by atomic mass is 127. The van der Waals surface area contributed by atoms with E-state index in [9.17, 15) is 0 Å². The highest BCUT2D eigenvalue weighted by molar-refractivity contribution is 14.1. The molecule has 1 aromatic rings. The van der Waals surface area contributed by atoms with Crippen molar-refractivity contribution in [3.8, 4) is 5.75 Å². The second-order valence-electron chi connectivity index (χ2n) is 3.50. The van der Waals surface area contributed by atoms with E-state index >= 15 is 0 Å². The molecule has 0 aliphatic heterocycles. The Morgan fingerprint density at radius 1 is 1.15 bits per heavy atom. The van der Waals surface area contributed by atoms with Gasteiger partial charge in [0.25, 0.3) is 0 Å². The maximum atomic E-state index is 5.80. The van der Waals surface area contributed by atoms with Crippen molar-refractivity contribution in [2.45, 2.75) is 26.9 Å². The van der Waals surface area contributed by atoms with E-state index in [0.29, 0.717) is 5.92 Å². The first-order valence-corrected chi connectivity index (χ1v) is 5.60. The summed E-state index contributed by atoms with van der Waals surface area (Å²) in [6, 6.07) is 8.10. The van der Waals surface area contributed by atoms with Gasteiger partial charge >= 0.3 is 0 Å². The lowest BCUT2D eigenvalue weighted by molar-refractivity contribution is 0.169. The summed E-state index contributed by atoms with van der Waals surface area (Å²) in [5, 5.41) is 0. The highest BCUT2D eigenvalue weighted by Crippen LogP contribution is 2.22. The first kappa shape index (κ1) is 10.8. The number of rotatable bonds is 3. The fraction of sp³-hybridized carbons (Fsp3) is 0.455. The van der Waals surface area contributed by atoms with Crippen LogP contribution in [0.5, 0.6) is 5.75 Å². The molecule has 0 saturated heterocycles. The van der Waals surface area contributed by atoms with Crippen LogP contribution in [0.3, 0.4) is 0 Å². The Morgan fingerprint density at radius 3 is 2.31 bits per heavy atom. The molecule has 1 nitrogen and oxygen atoms in total. The van der Waals surface area contributed by atoms with Gasteiger partial charge in [0.05, 0.1) is 9.67 Å². The van der Waals surface area contributed by atoms with E-state index in [2.05, 4.69) is 49.4 Å². The van der Waals surface area contributed by atoms with E-state index in [1.165, 1.54) is 3.57 Å². The van der Waals surface area contributed by atoms with Gasteiger partial charge in [-0.25, -0.2) is 0 Å². The van der Waals surface area contributed by atoms with Gasteiger partial charge in [-0.3, -0.25) is 0 Å². The number of ether oxygens (including phenoxy) is 1. The van der Waals surface area contributed by atoms with Crippen molar-refractivity contribution in [1.29, 1.82) is 0 Å². The molecule has 72 valence electrons. The average Bonchev–Trinajstić information content (AvgIpc) is 2.08. The van der Waals surface area contributed by atoms with Crippen LogP contribution in [0.25, 0.3) is 0 Å². The molecule has 1 aromatic carbocycles. The Balaban J connectivity index is 2.69. The standard InChI is InChI=1S/C11H15IO/c1-8(2)9(3)13-11-7-5-4-6-10(11)12/h4-9H,1-3H3. The Hall–Kier alpha value is -0.250. The first-order valence-electron chi connectivity index (χ1n) is 4.52. The average molecular weight is 290 g/mol. The Kier molecular flexibility index (Phi) is 4.03. The normalized spacial score (nSPS) is 13.0. The lowest BCUT2D eigenvalue weighted by atomic mass is 10.1. The Morgan fingerprint density at radius 2 is 1.77 bits per heavy atom. The van der Waals surface area contributed by atoms with Crippen LogP contribution in [0.4, 0.5) is 0 Å². The minimum absolute atomic E-state index is 0.274. The van der Waals surface area contributed by atoms with Crippen molar-refractivity contribution in [1.82, 2.24) is 0 Å². The van der Waals surface area contributed by atoms with Crippen LogP contribution in [0.1, 0.15) is 20.8 Å². The molecule has 0 aliphatic rings. The predicted molar refractivity (Wildman–Crippen MR) is 64.1 cm³/mol. The molecule has 0 spiro atoms. The zero-order valence-corrected chi connectivity index (χ0v) is 10.4. The van der Waals surface area contributed by atoms with Gasteiger partial charge in [-0.2, -0.15) is 0 Å². The topological polar surface area (TPSA) is 9.23 Å². The molecule has 2 heteroatoms. The van der Waals surface area contributed by atoms with Crippen LogP contribution in [-0.4, -0.2) is 6.10 Å². The van der Waals surface area contributed by atoms with Crippen molar-refractivity contribution < 1.29 is 4.74 Å². The SMILES string of the molecule is CC(C)C(C)Oc1ccccc1I. The van der Waals surface area contributed by atoms with Crippen LogP contribution < -0.4 is 4.74 Å². The predicted octanol–water partition coefficient (Wildman–Crippen LogP) is 3.71. The van der Waals surface area contributed by atoms with E-state index in [4.69, 9.17) is 4.74 Å². The van der Waals surface area contributed by atoms with E-state index < -0.39 is 0 Å². The lowest BCUT2D eigenvalue weighted by Gasteiger charge is -2.18. The molecule has 1 unspecified atom stereocenters. The fourth-order valence-corrected chi connectivity index (χ4v) is 1.39. The molecule has 0 radical (unpaired) electrons. The molecular weight excluding hydrogens is 275 g/mol. The summed E-state index contributed by atoms with van der Waals surface area (Å²) in [5.41, 5.74) is 0. The first-order chi connectivity index (χ1) is 6.11. The quantitative estimate of drug-likeness (QED) is 0.771. The molecule has 0 aliphatic carbocycles. The smallest absolute Gasteiger partial charge is 0.133 e. The largest absolute Gasteiger partial charge is 0.489 e. The van der Waals surface area contributed by atoms with Gasteiger partial charge in [0.2, 0.25) is 0 Å². The van der Waals surface area contributed by atoms with Gasteiger partial charge in [0.1, 0.15) is 5.75 Å². The molecule has 13 heavy (non-hydrogen) atoms. The summed E-state index contributed by atoms with van der Waals surface area (Å²) in [5.74, 6) is 1.54. The third-order valence-electron chi connectivity index (χ3n) is 2.09. The van der Waals surface area contributed by atoms with E-state index in [1.807, 2.05) is 18.2 Å². The molecule has 1 atom stereocenters. The van der Waals surface area contributed by atoms with Crippen molar-refractivity contribution in [3.63, 3.8) is 0 Å².